The van der Waals surface area contributed by atoms with E-state index in [0.717, 1.165) is 29.3 Å². The van der Waals surface area contributed by atoms with Crippen LogP contribution in [0, 0.1) is 0 Å². The molecule has 8 heteroatoms. The second-order valence-corrected chi connectivity index (χ2v) is 10.8. The largest absolute Gasteiger partial charge is 0.468 e. The predicted octanol–water partition coefficient (Wildman–Crippen LogP) is 4.83. The molecule has 1 N–H and O–H groups in total. The molecule has 0 saturated heterocycles. The number of carbonyl (C=O) groups excluding carboxylic acids is 2. The third-order valence-electron chi connectivity index (χ3n) is 7.57. The molecule has 3 heterocycles. The van der Waals surface area contributed by atoms with Crippen molar-refractivity contribution in [3.05, 3.63) is 81.9 Å². The van der Waals surface area contributed by atoms with E-state index in [9.17, 15) is 9.59 Å². The van der Waals surface area contributed by atoms with E-state index in [-0.39, 0.29) is 17.9 Å². The minimum Gasteiger partial charge on any atom is -0.468 e. The second-order valence-electron chi connectivity index (χ2n) is 9.80. The first-order valence-corrected chi connectivity index (χ1v) is 14.0. The number of furan rings is 1. The number of rotatable bonds is 11. The molecule has 2 aromatic heterocycles. The summed E-state index contributed by atoms with van der Waals surface area (Å²) >= 11 is 1.58. The third kappa shape index (κ3) is 5.66. The van der Waals surface area contributed by atoms with Gasteiger partial charge in [0.05, 0.1) is 31.4 Å². The Morgan fingerprint density at radius 1 is 1.16 bits per heavy atom. The zero-order valence-corrected chi connectivity index (χ0v) is 22.1. The highest BCUT2D eigenvalue weighted by molar-refractivity contribution is 7.10. The smallest absolute Gasteiger partial charge is 0.254 e. The van der Waals surface area contributed by atoms with Gasteiger partial charge in [-0.3, -0.25) is 14.5 Å². The molecule has 196 valence electrons. The first-order valence-electron chi connectivity index (χ1n) is 13.1. The van der Waals surface area contributed by atoms with Gasteiger partial charge in [-0.15, -0.1) is 11.3 Å². The molecular weight excluding hydrogens is 486 g/mol. The van der Waals surface area contributed by atoms with Gasteiger partial charge in [0, 0.05) is 43.2 Å². The summed E-state index contributed by atoms with van der Waals surface area (Å²) in [6.07, 6.45) is 6.58. The summed E-state index contributed by atoms with van der Waals surface area (Å²) in [6.45, 7) is 2.87. The molecular formula is C29H35N3O4S. The molecule has 3 aromatic rings. The Morgan fingerprint density at radius 3 is 2.73 bits per heavy atom. The van der Waals surface area contributed by atoms with Gasteiger partial charge in [0.1, 0.15) is 5.76 Å². The zero-order chi connectivity index (χ0) is 25.6. The number of nitrogens with one attached hydrogen (secondary N) is 1. The summed E-state index contributed by atoms with van der Waals surface area (Å²) in [7, 11) is 1.63. The number of hydrogen-bond acceptors (Lipinski definition) is 6. The summed E-state index contributed by atoms with van der Waals surface area (Å²) in [5.41, 5.74) is 1.39. The number of carbonyl (C=O) groups is 2. The van der Waals surface area contributed by atoms with E-state index in [1.54, 1.807) is 24.7 Å². The number of thiophene rings is 1. The highest BCUT2D eigenvalue weighted by atomic mass is 32.1. The van der Waals surface area contributed by atoms with E-state index in [1.165, 1.54) is 25.7 Å². The van der Waals surface area contributed by atoms with Crippen LogP contribution in [0.4, 0.5) is 0 Å². The van der Waals surface area contributed by atoms with Crippen LogP contribution in [-0.4, -0.2) is 61.0 Å². The Kier molecular flexibility index (Phi) is 8.38. The van der Waals surface area contributed by atoms with Crippen molar-refractivity contribution in [2.45, 2.75) is 50.2 Å². The monoisotopic (exact) mass is 521 g/mol. The molecule has 1 fully saturated rings. The Labute approximate surface area is 222 Å². The van der Waals surface area contributed by atoms with Crippen LogP contribution < -0.4 is 5.32 Å². The maximum Gasteiger partial charge on any atom is 0.254 e. The average molecular weight is 522 g/mol. The quantitative estimate of drug-likeness (QED) is 0.391. The molecule has 2 atom stereocenters. The van der Waals surface area contributed by atoms with Gasteiger partial charge in [0.15, 0.2) is 0 Å². The maximum absolute atomic E-state index is 13.9. The number of hydrogen-bond donors (Lipinski definition) is 1. The Morgan fingerprint density at radius 2 is 2.00 bits per heavy atom. The van der Waals surface area contributed by atoms with Crippen LogP contribution in [0.1, 0.15) is 64.2 Å². The lowest BCUT2D eigenvalue weighted by molar-refractivity contribution is -0.124. The Balaban J connectivity index is 1.36. The van der Waals surface area contributed by atoms with Gasteiger partial charge in [-0.1, -0.05) is 37.1 Å². The van der Waals surface area contributed by atoms with E-state index >= 15 is 0 Å². The number of benzene rings is 1. The number of amides is 2. The summed E-state index contributed by atoms with van der Waals surface area (Å²) in [5.74, 6) is 0.352. The molecule has 1 saturated carbocycles. The van der Waals surface area contributed by atoms with Crippen molar-refractivity contribution in [2.75, 3.05) is 33.4 Å². The molecule has 0 bridgehead atoms. The fourth-order valence-electron chi connectivity index (χ4n) is 5.78. The Hall–Kier alpha value is -2.94. The van der Waals surface area contributed by atoms with Crippen LogP contribution in [0.3, 0.4) is 0 Å². The van der Waals surface area contributed by atoms with E-state index in [1.807, 2.05) is 58.8 Å². The van der Waals surface area contributed by atoms with Crippen LogP contribution in [0.2, 0.25) is 0 Å². The summed E-state index contributed by atoms with van der Waals surface area (Å²) in [4.78, 5) is 32.7. The molecule has 0 spiro atoms. The predicted molar refractivity (Wildman–Crippen MR) is 144 cm³/mol. The van der Waals surface area contributed by atoms with Crippen molar-refractivity contribution in [1.29, 1.82) is 0 Å². The van der Waals surface area contributed by atoms with Crippen LogP contribution in [0.25, 0.3) is 0 Å². The van der Waals surface area contributed by atoms with Crippen LogP contribution in [0.5, 0.6) is 0 Å². The van der Waals surface area contributed by atoms with Crippen molar-refractivity contribution < 1.29 is 18.7 Å². The fourth-order valence-corrected chi connectivity index (χ4v) is 6.66. The molecule has 2 amide bonds. The first kappa shape index (κ1) is 25.7. The highest BCUT2D eigenvalue weighted by Gasteiger charge is 2.44. The Bertz CT molecular complexity index is 1160. The lowest BCUT2D eigenvalue weighted by Gasteiger charge is -2.41. The van der Waals surface area contributed by atoms with Crippen molar-refractivity contribution in [3.63, 3.8) is 0 Å². The molecule has 0 unspecified atom stereocenters. The van der Waals surface area contributed by atoms with Gasteiger partial charge in [-0.2, -0.15) is 0 Å². The lowest BCUT2D eigenvalue weighted by Crippen LogP contribution is -2.49. The first-order chi connectivity index (χ1) is 18.2. The van der Waals surface area contributed by atoms with Crippen LogP contribution in [0.15, 0.2) is 64.6 Å². The molecule has 7 nitrogen and oxygen atoms in total. The lowest BCUT2D eigenvalue weighted by atomic mass is 9.81. The SMILES string of the molecule is COCCN1C(=O)c2ccccc2[C@H](C(=O)NCCN(Cc2ccco2)C2CCCC2)[C@H]1c1cccs1. The summed E-state index contributed by atoms with van der Waals surface area (Å²) < 4.78 is 10.9. The molecule has 5 rings (SSSR count). The molecule has 1 aromatic carbocycles. The van der Waals surface area contributed by atoms with Crippen molar-refractivity contribution >= 4 is 23.2 Å². The minimum atomic E-state index is -0.491. The standard InChI is InChI=1S/C29H35N3O4S/c1-35-18-16-32-27(25-13-7-19-37-25)26(23-11-4-5-12-24(23)29(32)34)28(33)30-14-15-31(21-8-2-3-9-21)20-22-10-6-17-36-22/h4-7,10-13,17,19,21,26-27H,2-3,8-9,14-16,18,20H2,1H3,(H,30,33)/t26-,27+/m0/s1. The number of nitrogens with zero attached hydrogens (tertiary/aromatic N) is 2. The van der Waals surface area contributed by atoms with Gasteiger partial charge in [0.2, 0.25) is 5.91 Å². The van der Waals surface area contributed by atoms with Gasteiger partial charge in [-0.25, -0.2) is 0 Å². The summed E-state index contributed by atoms with van der Waals surface area (Å²) in [6, 6.07) is 15.6. The topological polar surface area (TPSA) is 75.0 Å². The van der Waals surface area contributed by atoms with Crippen LogP contribution >= 0.6 is 11.3 Å². The van der Waals surface area contributed by atoms with E-state index in [0.29, 0.717) is 31.3 Å². The molecule has 37 heavy (non-hydrogen) atoms. The van der Waals surface area contributed by atoms with Gasteiger partial charge in [0.25, 0.3) is 5.91 Å². The van der Waals surface area contributed by atoms with Crippen molar-refractivity contribution in [3.8, 4) is 0 Å². The van der Waals surface area contributed by atoms with E-state index < -0.39 is 5.92 Å². The number of methoxy groups -OCH3 is 1. The molecule has 0 radical (unpaired) electrons. The van der Waals surface area contributed by atoms with Crippen molar-refractivity contribution in [2.24, 2.45) is 0 Å². The average Bonchev–Trinajstić information content (AvgIpc) is 3.71. The van der Waals surface area contributed by atoms with Crippen LogP contribution in [-0.2, 0) is 16.1 Å². The fraction of sp³-hybridized carbons (Fsp3) is 0.448. The van der Waals surface area contributed by atoms with Gasteiger partial charge in [-0.05, 0) is 48.1 Å². The number of ether oxygens (including phenoxy) is 1. The summed E-state index contributed by atoms with van der Waals surface area (Å²) in [5, 5.41) is 5.23. The van der Waals surface area contributed by atoms with Gasteiger partial charge >= 0.3 is 0 Å². The normalized spacial score (nSPS) is 19.9. The van der Waals surface area contributed by atoms with Crippen molar-refractivity contribution in [1.82, 2.24) is 15.1 Å². The molecule has 1 aliphatic heterocycles. The number of fused-ring (bicyclic) bond motifs is 1. The molecule has 1 aliphatic carbocycles. The van der Waals surface area contributed by atoms with Gasteiger partial charge < -0.3 is 19.4 Å². The maximum atomic E-state index is 13.9. The second kappa shape index (κ2) is 12.1. The van der Waals surface area contributed by atoms with E-state index in [4.69, 9.17) is 9.15 Å². The molecule has 2 aliphatic rings. The zero-order valence-electron chi connectivity index (χ0n) is 21.3. The minimum absolute atomic E-state index is 0.0508. The highest BCUT2D eigenvalue weighted by Crippen LogP contribution is 2.44. The van der Waals surface area contributed by atoms with E-state index in [2.05, 4.69) is 10.2 Å². The third-order valence-corrected chi connectivity index (χ3v) is 8.51.